The van der Waals surface area contributed by atoms with Crippen LogP contribution in [-0.2, 0) is 23.1 Å². The largest absolute Gasteiger partial charge is 0.381 e. The van der Waals surface area contributed by atoms with Gasteiger partial charge in [-0.25, -0.2) is 13.6 Å². The first-order valence-electron chi connectivity index (χ1n) is 6.79. The van der Waals surface area contributed by atoms with E-state index in [0.29, 0.717) is 6.54 Å². The van der Waals surface area contributed by atoms with Crippen LogP contribution in [-0.4, -0.2) is 18.2 Å². The lowest BCUT2D eigenvalue weighted by Gasteiger charge is -2.10. The highest BCUT2D eigenvalue weighted by atomic mass is 32.2. The summed E-state index contributed by atoms with van der Waals surface area (Å²) in [5, 5.41) is 12.6. The Morgan fingerprint density at radius 3 is 2.81 bits per heavy atom. The molecule has 21 heavy (non-hydrogen) atoms. The van der Waals surface area contributed by atoms with Crippen molar-refractivity contribution < 1.29 is 8.42 Å². The molecule has 0 saturated heterocycles. The van der Waals surface area contributed by atoms with Crippen molar-refractivity contribution in [2.24, 2.45) is 5.14 Å². The molecule has 0 aliphatic rings. The highest BCUT2D eigenvalue weighted by Gasteiger charge is 2.10. The minimum atomic E-state index is -3.68. The lowest BCUT2D eigenvalue weighted by Crippen LogP contribution is -2.12. The first-order chi connectivity index (χ1) is 9.90. The summed E-state index contributed by atoms with van der Waals surface area (Å²) in [6.07, 6.45) is 4.82. The zero-order valence-electron chi connectivity index (χ0n) is 12.2. The van der Waals surface area contributed by atoms with Crippen LogP contribution in [0.3, 0.4) is 0 Å². The second-order valence-corrected chi connectivity index (χ2v) is 6.55. The molecule has 0 saturated carbocycles. The third kappa shape index (κ3) is 4.05. The zero-order chi connectivity index (χ0) is 15.5. The molecule has 1 aromatic heterocycles. The Morgan fingerprint density at radius 1 is 1.38 bits per heavy atom. The van der Waals surface area contributed by atoms with Crippen molar-refractivity contribution in [3.8, 4) is 0 Å². The van der Waals surface area contributed by atoms with Gasteiger partial charge in [0.2, 0.25) is 10.0 Å². The molecule has 1 aromatic carbocycles. The van der Waals surface area contributed by atoms with E-state index in [1.54, 1.807) is 12.1 Å². The van der Waals surface area contributed by atoms with Crippen LogP contribution in [0, 0.1) is 6.92 Å². The average molecular weight is 308 g/mol. The first-order valence-corrected chi connectivity index (χ1v) is 8.33. The molecular weight excluding hydrogens is 288 g/mol. The molecule has 0 aliphatic heterocycles. The van der Waals surface area contributed by atoms with Gasteiger partial charge in [-0.1, -0.05) is 13.0 Å². The molecule has 114 valence electrons. The molecule has 0 aliphatic carbocycles. The number of nitrogens with one attached hydrogen (secondary N) is 1. The number of anilines is 1. The van der Waals surface area contributed by atoms with E-state index in [4.69, 9.17) is 5.14 Å². The van der Waals surface area contributed by atoms with Gasteiger partial charge >= 0.3 is 0 Å². The number of aryl methyl sites for hydroxylation is 2. The molecule has 7 heteroatoms. The molecule has 1 heterocycles. The van der Waals surface area contributed by atoms with E-state index < -0.39 is 10.0 Å². The number of nitrogens with zero attached hydrogens (tertiary/aromatic N) is 2. The molecule has 3 N–H and O–H groups in total. The Morgan fingerprint density at radius 2 is 2.14 bits per heavy atom. The molecular formula is C14H20N4O2S. The van der Waals surface area contributed by atoms with Gasteiger partial charge < -0.3 is 5.32 Å². The summed E-state index contributed by atoms with van der Waals surface area (Å²) >= 11 is 0. The fraction of sp³-hybridized carbons (Fsp3) is 0.357. The first kappa shape index (κ1) is 15.5. The molecule has 2 aromatic rings. The molecule has 0 fully saturated rings. The van der Waals surface area contributed by atoms with E-state index in [1.807, 2.05) is 24.0 Å². The third-order valence-electron chi connectivity index (χ3n) is 3.16. The molecule has 6 nitrogen and oxygen atoms in total. The van der Waals surface area contributed by atoms with Crippen molar-refractivity contribution in [1.29, 1.82) is 0 Å². The van der Waals surface area contributed by atoms with Gasteiger partial charge in [0.25, 0.3) is 0 Å². The maximum atomic E-state index is 11.4. The van der Waals surface area contributed by atoms with Gasteiger partial charge in [-0.3, -0.25) is 4.68 Å². The summed E-state index contributed by atoms with van der Waals surface area (Å²) in [6.45, 7) is 5.48. The van der Waals surface area contributed by atoms with E-state index in [-0.39, 0.29) is 4.90 Å². The molecule has 0 bridgehead atoms. The number of hydrogen-bond donors (Lipinski definition) is 2. The van der Waals surface area contributed by atoms with Crippen molar-refractivity contribution in [3.05, 3.63) is 41.7 Å². The zero-order valence-corrected chi connectivity index (χ0v) is 13.0. The number of rotatable bonds is 6. The maximum Gasteiger partial charge on any atom is 0.238 e. The Balaban J connectivity index is 2.12. The van der Waals surface area contributed by atoms with Crippen LogP contribution in [0.25, 0.3) is 0 Å². The Labute approximate surface area is 125 Å². The minimum Gasteiger partial charge on any atom is -0.381 e. The molecule has 0 atom stereocenters. The van der Waals surface area contributed by atoms with Gasteiger partial charge in [0.1, 0.15) is 0 Å². The Hall–Kier alpha value is -1.86. The molecule has 0 amide bonds. The fourth-order valence-corrected chi connectivity index (χ4v) is 2.55. The number of nitrogens with two attached hydrogens (primary N) is 1. The van der Waals surface area contributed by atoms with Gasteiger partial charge in [-0.15, -0.1) is 0 Å². The number of sulfonamides is 1. The standard InChI is InChI=1S/C14H20N4O2S/c1-3-6-18-10-12(9-17-18)8-16-14-7-13(21(15,19)20)5-4-11(14)2/h4-5,7,9-10,16H,3,6,8H2,1-2H3,(H2,15,19,20). The normalized spacial score (nSPS) is 11.6. The van der Waals surface area contributed by atoms with Gasteiger partial charge in [-0.05, 0) is 31.0 Å². The van der Waals surface area contributed by atoms with Gasteiger partial charge in [0.05, 0.1) is 11.1 Å². The van der Waals surface area contributed by atoms with Gasteiger partial charge in [0, 0.05) is 30.5 Å². The van der Waals surface area contributed by atoms with Crippen molar-refractivity contribution >= 4 is 15.7 Å². The van der Waals surface area contributed by atoms with Crippen LogP contribution >= 0.6 is 0 Å². The average Bonchev–Trinajstić information content (AvgIpc) is 2.84. The van der Waals surface area contributed by atoms with Crippen LogP contribution in [0.5, 0.6) is 0 Å². The lowest BCUT2D eigenvalue weighted by molar-refractivity contribution is 0.598. The van der Waals surface area contributed by atoms with Crippen LogP contribution in [0.2, 0.25) is 0 Å². The summed E-state index contributed by atoms with van der Waals surface area (Å²) in [5.41, 5.74) is 2.76. The summed E-state index contributed by atoms with van der Waals surface area (Å²) in [6, 6.07) is 4.80. The molecule has 0 radical (unpaired) electrons. The monoisotopic (exact) mass is 308 g/mol. The van der Waals surface area contributed by atoms with E-state index in [2.05, 4.69) is 17.3 Å². The molecule has 0 spiro atoms. The lowest BCUT2D eigenvalue weighted by atomic mass is 10.2. The Bertz CT molecular complexity index is 722. The summed E-state index contributed by atoms with van der Waals surface area (Å²) in [7, 11) is -3.68. The van der Waals surface area contributed by atoms with E-state index in [0.717, 1.165) is 29.8 Å². The van der Waals surface area contributed by atoms with Crippen molar-refractivity contribution in [3.63, 3.8) is 0 Å². The smallest absolute Gasteiger partial charge is 0.238 e. The van der Waals surface area contributed by atoms with E-state index in [1.165, 1.54) is 6.07 Å². The second kappa shape index (κ2) is 6.28. The predicted octanol–water partition coefficient (Wildman–Crippen LogP) is 1.86. The second-order valence-electron chi connectivity index (χ2n) is 4.99. The Kier molecular flexibility index (Phi) is 4.64. The summed E-state index contributed by atoms with van der Waals surface area (Å²) in [4.78, 5) is 0.109. The fourth-order valence-electron chi connectivity index (χ4n) is 2.01. The van der Waals surface area contributed by atoms with Crippen LogP contribution in [0.1, 0.15) is 24.5 Å². The van der Waals surface area contributed by atoms with Crippen LogP contribution in [0.15, 0.2) is 35.5 Å². The maximum absolute atomic E-state index is 11.4. The van der Waals surface area contributed by atoms with Crippen molar-refractivity contribution in [2.45, 2.75) is 38.3 Å². The van der Waals surface area contributed by atoms with Gasteiger partial charge in [-0.2, -0.15) is 5.10 Å². The van der Waals surface area contributed by atoms with Gasteiger partial charge in [0.15, 0.2) is 0 Å². The third-order valence-corrected chi connectivity index (χ3v) is 4.07. The quantitative estimate of drug-likeness (QED) is 0.852. The number of hydrogen-bond acceptors (Lipinski definition) is 4. The van der Waals surface area contributed by atoms with E-state index >= 15 is 0 Å². The summed E-state index contributed by atoms with van der Waals surface area (Å²) in [5.74, 6) is 0. The number of primary sulfonamides is 1. The topological polar surface area (TPSA) is 90.0 Å². The highest BCUT2D eigenvalue weighted by molar-refractivity contribution is 7.89. The number of benzene rings is 1. The van der Waals surface area contributed by atoms with Crippen molar-refractivity contribution in [2.75, 3.05) is 5.32 Å². The van der Waals surface area contributed by atoms with Crippen LogP contribution < -0.4 is 10.5 Å². The molecule has 0 unspecified atom stereocenters. The predicted molar refractivity (Wildman–Crippen MR) is 82.4 cm³/mol. The highest BCUT2D eigenvalue weighted by Crippen LogP contribution is 2.20. The SMILES string of the molecule is CCCn1cc(CNc2cc(S(N)(=O)=O)ccc2C)cn1. The summed E-state index contributed by atoms with van der Waals surface area (Å²) < 4.78 is 24.7. The number of aromatic nitrogens is 2. The molecule has 2 rings (SSSR count). The minimum absolute atomic E-state index is 0.109. The van der Waals surface area contributed by atoms with E-state index in [9.17, 15) is 8.42 Å². The van der Waals surface area contributed by atoms with Crippen LogP contribution in [0.4, 0.5) is 5.69 Å². The van der Waals surface area contributed by atoms with Crippen molar-refractivity contribution in [1.82, 2.24) is 9.78 Å².